The van der Waals surface area contributed by atoms with E-state index < -0.39 is 0 Å². The van der Waals surface area contributed by atoms with Gasteiger partial charge in [-0.2, -0.15) is 4.98 Å². The average molecular weight is 348 g/mol. The predicted molar refractivity (Wildman–Crippen MR) is 88.5 cm³/mol. The highest BCUT2D eigenvalue weighted by atomic mass is 35.5. The van der Waals surface area contributed by atoms with Crippen molar-refractivity contribution < 1.29 is 9.32 Å². The number of amides is 1. The van der Waals surface area contributed by atoms with Gasteiger partial charge in [0.05, 0.1) is 16.5 Å². The highest BCUT2D eigenvalue weighted by molar-refractivity contribution is 6.42. The van der Waals surface area contributed by atoms with Gasteiger partial charge in [-0.25, -0.2) is 0 Å². The van der Waals surface area contributed by atoms with E-state index in [1.807, 2.05) is 18.2 Å². The van der Waals surface area contributed by atoms with Crippen LogP contribution in [0, 0.1) is 0 Å². The number of nitrogens with zero attached hydrogens (tertiary/aromatic N) is 2. The molecular formula is C16H11Cl2N3O2. The van der Waals surface area contributed by atoms with E-state index in [1.54, 1.807) is 30.3 Å². The minimum absolute atomic E-state index is 0.0136. The topological polar surface area (TPSA) is 68.0 Å². The first-order valence-electron chi connectivity index (χ1n) is 6.75. The number of aromatic nitrogens is 2. The number of anilines is 1. The summed E-state index contributed by atoms with van der Waals surface area (Å²) in [7, 11) is 0. The number of benzene rings is 2. The van der Waals surface area contributed by atoms with Crippen molar-refractivity contribution in [1.29, 1.82) is 0 Å². The molecule has 116 valence electrons. The summed E-state index contributed by atoms with van der Waals surface area (Å²) >= 11 is 11.8. The summed E-state index contributed by atoms with van der Waals surface area (Å²) in [6, 6.07) is 14.1. The van der Waals surface area contributed by atoms with E-state index in [0.29, 0.717) is 27.1 Å². The summed E-state index contributed by atoms with van der Waals surface area (Å²) in [6.45, 7) is 0. The van der Waals surface area contributed by atoms with Gasteiger partial charge in [-0.15, -0.1) is 0 Å². The maximum Gasteiger partial charge on any atom is 0.257 e. The van der Waals surface area contributed by atoms with Crippen molar-refractivity contribution in [3.05, 3.63) is 64.4 Å². The molecule has 1 N–H and O–H groups in total. The zero-order chi connectivity index (χ0) is 16.2. The van der Waals surface area contributed by atoms with E-state index in [0.717, 1.165) is 0 Å². The Morgan fingerprint density at radius 1 is 1.09 bits per heavy atom. The van der Waals surface area contributed by atoms with Gasteiger partial charge in [0, 0.05) is 11.3 Å². The van der Waals surface area contributed by atoms with Crippen LogP contribution in [0.25, 0.3) is 11.5 Å². The van der Waals surface area contributed by atoms with E-state index in [1.165, 1.54) is 0 Å². The number of carbonyl (C=O) groups is 1. The van der Waals surface area contributed by atoms with Crippen molar-refractivity contribution in [2.45, 2.75) is 6.42 Å². The van der Waals surface area contributed by atoms with E-state index in [2.05, 4.69) is 15.5 Å². The normalized spacial score (nSPS) is 10.5. The molecule has 1 heterocycles. The Bertz CT molecular complexity index is 834. The van der Waals surface area contributed by atoms with Crippen molar-refractivity contribution in [1.82, 2.24) is 10.1 Å². The molecule has 0 atom stereocenters. The van der Waals surface area contributed by atoms with Gasteiger partial charge in [0.15, 0.2) is 5.82 Å². The SMILES string of the molecule is O=C(Cc1noc(-c2ccc(Cl)c(Cl)c2)n1)Nc1ccccc1. The minimum atomic E-state index is -0.224. The van der Waals surface area contributed by atoms with Crippen LogP contribution in [-0.2, 0) is 11.2 Å². The summed E-state index contributed by atoms with van der Waals surface area (Å²) in [5.41, 5.74) is 1.35. The number of nitrogens with one attached hydrogen (secondary N) is 1. The zero-order valence-corrected chi connectivity index (χ0v) is 13.3. The Morgan fingerprint density at radius 3 is 2.61 bits per heavy atom. The number of rotatable bonds is 4. The number of carbonyl (C=O) groups excluding carboxylic acids is 1. The summed E-state index contributed by atoms with van der Waals surface area (Å²) in [6.07, 6.45) is 0.0136. The van der Waals surface area contributed by atoms with Crippen molar-refractivity contribution in [2.24, 2.45) is 0 Å². The summed E-state index contributed by atoms with van der Waals surface area (Å²) in [4.78, 5) is 16.1. The Hall–Kier alpha value is -2.37. The lowest BCUT2D eigenvalue weighted by atomic mass is 10.2. The summed E-state index contributed by atoms with van der Waals surface area (Å²) < 4.78 is 5.15. The number of halogens is 2. The Balaban J connectivity index is 1.69. The molecule has 0 saturated heterocycles. The van der Waals surface area contributed by atoms with Crippen LogP contribution in [-0.4, -0.2) is 16.0 Å². The van der Waals surface area contributed by atoms with Gasteiger partial charge in [-0.3, -0.25) is 4.79 Å². The van der Waals surface area contributed by atoms with E-state index in [9.17, 15) is 4.79 Å². The number of hydrogen-bond acceptors (Lipinski definition) is 4. The maximum absolute atomic E-state index is 12.0. The third kappa shape index (κ3) is 3.88. The molecule has 0 aliphatic rings. The first-order chi connectivity index (χ1) is 11.1. The fourth-order valence-electron chi connectivity index (χ4n) is 1.94. The molecule has 3 aromatic rings. The first kappa shape index (κ1) is 15.5. The monoisotopic (exact) mass is 347 g/mol. The van der Waals surface area contributed by atoms with Crippen LogP contribution in [0.15, 0.2) is 53.1 Å². The van der Waals surface area contributed by atoms with Gasteiger partial charge in [0.25, 0.3) is 5.89 Å². The van der Waals surface area contributed by atoms with Crippen LogP contribution >= 0.6 is 23.2 Å². The Morgan fingerprint density at radius 2 is 1.87 bits per heavy atom. The quantitative estimate of drug-likeness (QED) is 0.766. The molecule has 3 rings (SSSR count). The van der Waals surface area contributed by atoms with Crippen LogP contribution in [0.5, 0.6) is 0 Å². The fourth-order valence-corrected chi connectivity index (χ4v) is 2.24. The smallest absolute Gasteiger partial charge is 0.257 e. The zero-order valence-electron chi connectivity index (χ0n) is 11.8. The minimum Gasteiger partial charge on any atom is -0.334 e. The van der Waals surface area contributed by atoms with Crippen molar-refractivity contribution >= 4 is 34.8 Å². The lowest BCUT2D eigenvalue weighted by molar-refractivity contribution is -0.115. The lowest BCUT2D eigenvalue weighted by Crippen LogP contribution is -2.15. The molecule has 5 nitrogen and oxygen atoms in total. The van der Waals surface area contributed by atoms with Gasteiger partial charge >= 0.3 is 0 Å². The maximum atomic E-state index is 12.0. The molecule has 1 amide bonds. The molecule has 0 aliphatic heterocycles. The molecule has 0 radical (unpaired) electrons. The molecule has 0 bridgehead atoms. The van der Waals surface area contributed by atoms with Gasteiger partial charge in [-0.1, -0.05) is 46.6 Å². The van der Waals surface area contributed by atoms with Crippen LogP contribution in [0.3, 0.4) is 0 Å². The Labute approximate surface area is 142 Å². The van der Waals surface area contributed by atoms with Gasteiger partial charge in [-0.05, 0) is 30.3 Å². The Kier molecular flexibility index (Phi) is 4.60. The second kappa shape index (κ2) is 6.81. The molecule has 7 heteroatoms. The molecule has 0 fully saturated rings. The van der Waals surface area contributed by atoms with Gasteiger partial charge in [0.2, 0.25) is 5.91 Å². The van der Waals surface area contributed by atoms with Gasteiger partial charge < -0.3 is 9.84 Å². The van der Waals surface area contributed by atoms with E-state index in [-0.39, 0.29) is 18.2 Å². The highest BCUT2D eigenvalue weighted by Gasteiger charge is 2.13. The molecular weight excluding hydrogens is 337 g/mol. The largest absolute Gasteiger partial charge is 0.334 e. The molecule has 0 spiro atoms. The fraction of sp³-hybridized carbons (Fsp3) is 0.0625. The standard InChI is InChI=1S/C16H11Cl2N3O2/c17-12-7-6-10(8-13(12)18)16-20-14(21-23-16)9-15(22)19-11-4-2-1-3-5-11/h1-8H,9H2,(H,19,22). The molecule has 0 aliphatic carbocycles. The number of hydrogen-bond donors (Lipinski definition) is 1. The lowest BCUT2D eigenvalue weighted by Gasteiger charge is -2.02. The second-order valence-corrected chi connectivity index (χ2v) is 5.55. The molecule has 0 saturated carbocycles. The van der Waals surface area contributed by atoms with Crippen LogP contribution in [0.2, 0.25) is 10.0 Å². The molecule has 23 heavy (non-hydrogen) atoms. The second-order valence-electron chi connectivity index (χ2n) is 4.74. The molecule has 2 aromatic carbocycles. The highest BCUT2D eigenvalue weighted by Crippen LogP contribution is 2.27. The first-order valence-corrected chi connectivity index (χ1v) is 7.50. The van der Waals surface area contributed by atoms with Gasteiger partial charge in [0.1, 0.15) is 0 Å². The van der Waals surface area contributed by atoms with Crippen molar-refractivity contribution in [3.8, 4) is 11.5 Å². The third-order valence-corrected chi connectivity index (χ3v) is 3.75. The van der Waals surface area contributed by atoms with Crippen LogP contribution in [0.4, 0.5) is 5.69 Å². The predicted octanol–water partition coefficient (Wildman–Crippen LogP) is 4.22. The van der Waals surface area contributed by atoms with E-state index in [4.69, 9.17) is 27.7 Å². The summed E-state index contributed by atoms with van der Waals surface area (Å²) in [5, 5.41) is 7.40. The average Bonchev–Trinajstić information content (AvgIpc) is 2.99. The van der Waals surface area contributed by atoms with Crippen LogP contribution in [0.1, 0.15) is 5.82 Å². The van der Waals surface area contributed by atoms with E-state index >= 15 is 0 Å². The molecule has 0 unspecified atom stereocenters. The number of para-hydroxylation sites is 1. The van der Waals surface area contributed by atoms with Crippen molar-refractivity contribution in [3.63, 3.8) is 0 Å². The third-order valence-electron chi connectivity index (χ3n) is 3.01. The van der Waals surface area contributed by atoms with Crippen LogP contribution < -0.4 is 5.32 Å². The van der Waals surface area contributed by atoms with Crippen molar-refractivity contribution in [2.75, 3.05) is 5.32 Å². The molecule has 1 aromatic heterocycles. The summed E-state index contributed by atoms with van der Waals surface area (Å²) in [5.74, 6) is 0.350.